The third-order valence-electron chi connectivity index (χ3n) is 4.08. The second-order valence-corrected chi connectivity index (χ2v) is 7.34. The number of amides is 1. The highest BCUT2D eigenvalue weighted by molar-refractivity contribution is 5.95. The first-order chi connectivity index (χ1) is 11.9. The van der Waals surface area contributed by atoms with E-state index in [0.717, 1.165) is 30.7 Å². The summed E-state index contributed by atoms with van der Waals surface area (Å²) in [7, 11) is 0. The quantitative estimate of drug-likeness (QED) is 0.843. The first kappa shape index (κ1) is 17.6. The highest BCUT2D eigenvalue weighted by Gasteiger charge is 2.27. The van der Waals surface area contributed by atoms with Crippen LogP contribution in [0.2, 0.25) is 0 Å². The number of carbonyl (C=O) groups is 1. The van der Waals surface area contributed by atoms with Crippen molar-refractivity contribution in [2.24, 2.45) is 4.99 Å². The minimum Gasteiger partial charge on any atom is -0.490 e. The van der Waals surface area contributed by atoms with E-state index in [2.05, 4.69) is 4.99 Å². The third kappa shape index (κ3) is 4.87. The number of nitrogens with zero attached hydrogens (tertiary/aromatic N) is 2. The fraction of sp³-hybridized carbons (Fsp3) is 0.579. The van der Waals surface area contributed by atoms with E-state index in [0.29, 0.717) is 25.6 Å². The molecular weight excluding hydrogens is 320 g/mol. The van der Waals surface area contributed by atoms with E-state index in [1.807, 2.05) is 45.0 Å². The number of ether oxygens (including phenoxy) is 3. The zero-order valence-electron chi connectivity index (χ0n) is 15.2. The van der Waals surface area contributed by atoms with Crippen LogP contribution in [0.25, 0.3) is 0 Å². The van der Waals surface area contributed by atoms with Gasteiger partial charge in [0.2, 0.25) is 5.90 Å². The summed E-state index contributed by atoms with van der Waals surface area (Å²) >= 11 is 0. The summed E-state index contributed by atoms with van der Waals surface area (Å²) in [6.45, 7) is 8.34. The van der Waals surface area contributed by atoms with Crippen LogP contribution in [0.4, 0.5) is 4.79 Å². The van der Waals surface area contributed by atoms with Crippen LogP contribution in [0, 0.1) is 0 Å². The average molecular weight is 346 g/mol. The van der Waals surface area contributed by atoms with Crippen LogP contribution in [0.15, 0.2) is 29.3 Å². The van der Waals surface area contributed by atoms with E-state index in [-0.39, 0.29) is 12.2 Å². The van der Waals surface area contributed by atoms with E-state index in [4.69, 9.17) is 14.2 Å². The van der Waals surface area contributed by atoms with E-state index in [1.54, 1.807) is 4.90 Å². The molecule has 0 bridgehead atoms. The predicted molar refractivity (Wildman–Crippen MR) is 95.3 cm³/mol. The van der Waals surface area contributed by atoms with Crippen molar-refractivity contribution in [3.05, 3.63) is 29.8 Å². The van der Waals surface area contributed by atoms with E-state index in [1.165, 1.54) is 0 Å². The highest BCUT2D eigenvalue weighted by atomic mass is 16.6. The van der Waals surface area contributed by atoms with Crippen LogP contribution in [0.5, 0.6) is 5.75 Å². The van der Waals surface area contributed by atoms with Crippen LogP contribution in [0.1, 0.15) is 39.2 Å². The number of hydrogen-bond donors (Lipinski definition) is 0. The minimum absolute atomic E-state index is 0.115. The molecule has 1 fully saturated rings. The van der Waals surface area contributed by atoms with Crippen molar-refractivity contribution in [2.75, 3.05) is 26.2 Å². The number of carbonyl (C=O) groups excluding carboxylic acids is 1. The second kappa shape index (κ2) is 7.33. The number of piperidine rings is 1. The lowest BCUT2D eigenvalue weighted by atomic mass is 10.1. The third-order valence-corrected chi connectivity index (χ3v) is 4.08. The van der Waals surface area contributed by atoms with Crippen molar-refractivity contribution in [2.45, 2.75) is 45.3 Å². The van der Waals surface area contributed by atoms with Gasteiger partial charge in [-0.05, 0) is 45.0 Å². The van der Waals surface area contributed by atoms with Crippen LogP contribution in [-0.4, -0.2) is 54.8 Å². The van der Waals surface area contributed by atoms with Crippen LogP contribution in [0.3, 0.4) is 0 Å². The van der Waals surface area contributed by atoms with Gasteiger partial charge >= 0.3 is 6.09 Å². The van der Waals surface area contributed by atoms with Gasteiger partial charge in [0, 0.05) is 31.5 Å². The van der Waals surface area contributed by atoms with Crippen molar-refractivity contribution >= 4 is 12.0 Å². The molecule has 1 amide bonds. The number of hydrogen-bond acceptors (Lipinski definition) is 5. The van der Waals surface area contributed by atoms with Gasteiger partial charge in [-0.15, -0.1) is 0 Å². The summed E-state index contributed by atoms with van der Waals surface area (Å²) in [5, 5.41) is 0. The van der Waals surface area contributed by atoms with Gasteiger partial charge in [0.1, 0.15) is 24.1 Å². The fourth-order valence-electron chi connectivity index (χ4n) is 2.86. The molecule has 1 saturated heterocycles. The van der Waals surface area contributed by atoms with Crippen LogP contribution in [-0.2, 0) is 9.47 Å². The summed E-state index contributed by atoms with van der Waals surface area (Å²) in [6, 6.07) is 7.82. The van der Waals surface area contributed by atoms with E-state index < -0.39 is 5.60 Å². The fourth-order valence-corrected chi connectivity index (χ4v) is 2.86. The maximum Gasteiger partial charge on any atom is 0.410 e. The SMILES string of the molecule is CC(C)(C)OC(=O)N1CCC(Oc2ccc(C3=NCCO3)cc2)CC1. The van der Waals surface area contributed by atoms with Gasteiger partial charge in [0.25, 0.3) is 0 Å². The molecule has 0 unspecified atom stereocenters. The van der Waals surface area contributed by atoms with Crippen molar-refractivity contribution < 1.29 is 19.0 Å². The van der Waals surface area contributed by atoms with Gasteiger partial charge in [-0.25, -0.2) is 9.79 Å². The molecule has 0 aliphatic carbocycles. The Morgan fingerprint density at radius 2 is 1.88 bits per heavy atom. The molecule has 2 heterocycles. The molecule has 1 aromatic carbocycles. The van der Waals surface area contributed by atoms with E-state index in [9.17, 15) is 4.79 Å². The molecule has 2 aliphatic heterocycles. The monoisotopic (exact) mass is 346 g/mol. The number of benzene rings is 1. The molecule has 2 aliphatic rings. The maximum atomic E-state index is 12.1. The molecule has 0 N–H and O–H groups in total. The van der Waals surface area contributed by atoms with Gasteiger partial charge < -0.3 is 19.1 Å². The summed E-state index contributed by atoms with van der Waals surface area (Å²) < 4.78 is 16.9. The Morgan fingerprint density at radius 3 is 2.44 bits per heavy atom. The molecule has 136 valence electrons. The lowest BCUT2D eigenvalue weighted by Crippen LogP contribution is -2.44. The minimum atomic E-state index is -0.459. The van der Waals surface area contributed by atoms with Crippen molar-refractivity contribution in [3.8, 4) is 5.75 Å². The molecule has 0 saturated carbocycles. The van der Waals surface area contributed by atoms with Crippen LogP contribution < -0.4 is 4.74 Å². The molecule has 0 atom stereocenters. The van der Waals surface area contributed by atoms with Gasteiger partial charge in [0.05, 0.1) is 6.54 Å². The first-order valence-electron chi connectivity index (χ1n) is 8.83. The van der Waals surface area contributed by atoms with Crippen molar-refractivity contribution in [1.29, 1.82) is 0 Å². The van der Waals surface area contributed by atoms with Crippen molar-refractivity contribution in [1.82, 2.24) is 4.90 Å². The van der Waals surface area contributed by atoms with E-state index >= 15 is 0 Å². The largest absolute Gasteiger partial charge is 0.490 e. The number of aliphatic imine (C=N–C) groups is 1. The smallest absolute Gasteiger partial charge is 0.410 e. The molecule has 6 nitrogen and oxygen atoms in total. The summed E-state index contributed by atoms with van der Waals surface area (Å²) in [4.78, 5) is 18.1. The van der Waals surface area contributed by atoms with Gasteiger partial charge in [-0.2, -0.15) is 0 Å². The second-order valence-electron chi connectivity index (χ2n) is 7.34. The normalized spacial score (nSPS) is 18.5. The Bertz CT molecular complexity index is 626. The average Bonchev–Trinajstić information content (AvgIpc) is 3.09. The number of likely N-dealkylation sites (tertiary alicyclic amines) is 1. The van der Waals surface area contributed by atoms with Gasteiger partial charge in [-0.1, -0.05) is 0 Å². The van der Waals surface area contributed by atoms with Crippen LogP contribution >= 0.6 is 0 Å². The van der Waals surface area contributed by atoms with Gasteiger partial charge in [0.15, 0.2) is 0 Å². The first-order valence-corrected chi connectivity index (χ1v) is 8.83. The lowest BCUT2D eigenvalue weighted by molar-refractivity contribution is 0.0126. The summed E-state index contributed by atoms with van der Waals surface area (Å²) in [6.07, 6.45) is 1.48. The molecular formula is C19H26N2O4. The standard InChI is InChI=1S/C19H26N2O4/c1-19(2,3)25-18(22)21-11-8-16(9-12-21)24-15-6-4-14(5-7-15)17-20-10-13-23-17/h4-7,16H,8-13H2,1-3H3. The Balaban J connectivity index is 1.48. The Labute approximate surface area is 148 Å². The summed E-state index contributed by atoms with van der Waals surface area (Å²) in [5.41, 5.74) is 0.518. The zero-order chi connectivity index (χ0) is 17.9. The molecule has 3 rings (SSSR count). The molecule has 6 heteroatoms. The van der Waals surface area contributed by atoms with Crippen molar-refractivity contribution in [3.63, 3.8) is 0 Å². The Morgan fingerprint density at radius 1 is 1.20 bits per heavy atom. The predicted octanol–water partition coefficient (Wildman–Crippen LogP) is 3.24. The van der Waals surface area contributed by atoms with Gasteiger partial charge in [-0.3, -0.25) is 0 Å². The molecule has 0 aromatic heterocycles. The lowest BCUT2D eigenvalue weighted by Gasteiger charge is -2.33. The maximum absolute atomic E-state index is 12.1. The topological polar surface area (TPSA) is 60.4 Å². The zero-order valence-corrected chi connectivity index (χ0v) is 15.2. The molecule has 0 radical (unpaired) electrons. The number of rotatable bonds is 3. The molecule has 1 aromatic rings. The Hall–Kier alpha value is -2.24. The Kier molecular flexibility index (Phi) is 5.16. The molecule has 25 heavy (non-hydrogen) atoms. The summed E-state index contributed by atoms with van der Waals surface area (Å²) in [5.74, 6) is 1.54. The molecule has 0 spiro atoms. The highest BCUT2D eigenvalue weighted by Crippen LogP contribution is 2.21.